The van der Waals surface area contributed by atoms with E-state index < -0.39 is 5.25 Å². The second-order valence-corrected chi connectivity index (χ2v) is 9.10. The number of aromatic nitrogens is 2. The Hall–Kier alpha value is -2.45. The number of hydrogen-bond donors (Lipinski definition) is 2. The van der Waals surface area contributed by atoms with Crippen LogP contribution in [0.15, 0.2) is 35.4 Å². The van der Waals surface area contributed by atoms with E-state index in [4.69, 9.17) is 0 Å². The van der Waals surface area contributed by atoms with Gasteiger partial charge in [0.1, 0.15) is 15.7 Å². The van der Waals surface area contributed by atoms with Crippen molar-refractivity contribution >= 4 is 45.1 Å². The molecule has 1 aliphatic carbocycles. The lowest BCUT2D eigenvalue weighted by atomic mass is 10.2. The fraction of sp³-hybridized carbons (Fsp3) is 0.300. The second kappa shape index (κ2) is 7.89. The Balaban J connectivity index is 1.47. The number of thioether (sulfide) groups is 1. The first-order valence-electron chi connectivity index (χ1n) is 9.13. The molecule has 2 N–H and O–H groups in total. The summed E-state index contributed by atoms with van der Waals surface area (Å²) in [4.78, 5) is 36.2. The van der Waals surface area contributed by atoms with Crippen LogP contribution < -0.4 is 10.9 Å². The molecule has 0 saturated carbocycles. The monoisotopic (exact) mass is 412 g/mol. The zero-order valence-electron chi connectivity index (χ0n) is 15.6. The molecule has 1 aromatic carbocycles. The van der Waals surface area contributed by atoms with E-state index in [1.165, 1.54) is 22.2 Å². The summed E-state index contributed by atoms with van der Waals surface area (Å²) in [7, 11) is 0. The summed E-state index contributed by atoms with van der Waals surface area (Å²) in [5, 5.41) is 1.53. The van der Waals surface area contributed by atoms with Crippen molar-refractivity contribution < 1.29 is 9.59 Å². The fourth-order valence-corrected chi connectivity index (χ4v) is 5.65. The number of hydrazine groups is 1. The summed E-state index contributed by atoms with van der Waals surface area (Å²) in [6, 6.07) is 8.77. The Labute approximate surface area is 171 Å². The summed E-state index contributed by atoms with van der Waals surface area (Å²) in [5.41, 5.74) is 6.81. The van der Waals surface area contributed by atoms with Gasteiger partial charge in [0.2, 0.25) is 0 Å². The quantitative estimate of drug-likeness (QED) is 0.390. The molecule has 0 spiro atoms. The lowest BCUT2D eigenvalue weighted by Gasteiger charge is -2.13. The van der Waals surface area contributed by atoms with E-state index >= 15 is 0 Å². The first-order valence-corrected chi connectivity index (χ1v) is 10.8. The summed E-state index contributed by atoms with van der Waals surface area (Å²) >= 11 is 3.15. The van der Waals surface area contributed by atoms with E-state index in [1.54, 1.807) is 35.6 Å². The van der Waals surface area contributed by atoms with E-state index in [9.17, 15) is 9.59 Å². The molecule has 6 nitrogen and oxygen atoms in total. The fourth-order valence-electron chi connectivity index (χ4n) is 3.25. The third-order valence-electron chi connectivity index (χ3n) is 4.64. The Kier molecular flexibility index (Phi) is 5.32. The molecule has 1 aliphatic rings. The van der Waals surface area contributed by atoms with Crippen molar-refractivity contribution in [2.24, 2.45) is 0 Å². The van der Waals surface area contributed by atoms with E-state index in [-0.39, 0.29) is 11.8 Å². The number of rotatable bonds is 4. The maximum atomic E-state index is 12.5. The molecule has 2 heterocycles. The molecule has 0 bridgehead atoms. The molecule has 0 saturated heterocycles. The largest absolute Gasteiger partial charge is 0.272 e. The molecule has 0 aliphatic heterocycles. The van der Waals surface area contributed by atoms with Crippen LogP contribution in [0, 0.1) is 6.92 Å². The minimum absolute atomic E-state index is 0.273. The predicted molar refractivity (Wildman–Crippen MR) is 112 cm³/mol. The first kappa shape index (κ1) is 18.9. The van der Waals surface area contributed by atoms with E-state index in [0.29, 0.717) is 11.4 Å². The summed E-state index contributed by atoms with van der Waals surface area (Å²) in [6.45, 7) is 3.68. The van der Waals surface area contributed by atoms with Crippen LogP contribution in [0.4, 0.5) is 0 Å². The maximum absolute atomic E-state index is 12.5. The van der Waals surface area contributed by atoms with Crippen LogP contribution in [0.25, 0.3) is 10.2 Å². The molecule has 8 heteroatoms. The molecule has 0 fully saturated rings. The number of benzene rings is 1. The number of aryl methyl sites for hydroxylation is 3. The lowest BCUT2D eigenvalue weighted by Crippen LogP contribution is -2.44. The summed E-state index contributed by atoms with van der Waals surface area (Å²) < 4.78 is 0. The highest BCUT2D eigenvalue weighted by Crippen LogP contribution is 2.41. The molecule has 3 aromatic rings. The normalized spacial score (nSPS) is 13.9. The number of thiophene rings is 1. The number of carbonyl (C=O) groups excluding carboxylic acids is 2. The zero-order chi connectivity index (χ0) is 19.7. The van der Waals surface area contributed by atoms with Crippen molar-refractivity contribution in [2.45, 2.75) is 43.4 Å². The summed E-state index contributed by atoms with van der Waals surface area (Å²) in [6.07, 6.45) is 3.31. The topological polar surface area (TPSA) is 84.0 Å². The Morgan fingerprint density at radius 1 is 1.14 bits per heavy atom. The van der Waals surface area contributed by atoms with Gasteiger partial charge in [-0.3, -0.25) is 20.4 Å². The van der Waals surface area contributed by atoms with Crippen LogP contribution in [0.3, 0.4) is 0 Å². The van der Waals surface area contributed by atoms with Gasteiger partial charge in [0.15, 0.2) is 0 Å². The molecule has 2 aromatic heterocycles. The van der Waals surface area contributed by atoms with Gasteiger partial charge in [-0.05, 0) is 50.8 Å². The van der Waals surface area contributed by atoms with Crippen molar-refractivity contribution in [1.29, 1.82) is 0 Å². The number of hydrogen-bond acceptors (Lipinski definition) is 6. The molecule has 2 amide bonds. The van der Waals surface area contributed by atoms with E-state index in [1.807, 2.05) is 19.9 Å². The Bertz CT molecular complexity index is 1050. The number of carbonyl (C=O) groups is 2. The van der Waals surface area contributed by atoms with Gasteiger partial charge in [0, 0.05) is 15.8 Å². The van der Waals surface area contributed by atoms with Crippen LogP contribution in [-0.4, -0.2) is 27.0 Å². The number of nitrogens with zero attached hydrogens (tertiary/aromatic N) is 2. The van der Waals surface area contributed by atoms with Gasteiger partial charge in [0.05, 0.1) is 5.25 Å². The molecule has 0 unspecified atom stereocenters. The van der Waals surface area contributed by atoms with Crippen LogP contribution >= 0.6 is 23.1 Å². The van der Waals surface area contributed by atoms with Gasteiger partial charge in [0.25, 0.3) is 11.8 Å². The molecular formula is C20H20N4O2S2. The van der Waals surface area contributed by atoms with Crippen molar-refractivity contribution in [3.05, 3.63) is 52.2 Å². The van der Waals surface area contributed by atoms with Gasteiger partial charge < -0.3 is 0 Å². The van der Waals surface area contributed by atoms with Crippen LogP contribution in [0.1, 0.15) is 40.0 Å². The molecule has 28 heavy (non-hydrogen) atoms. The highest BCUT2D eigenvalue weighted by Gasteiger charge is 2.24. The molecule has 144 valence electrons. The van der Waals surface area contributed by atoms with Crippen molar-refractivity contribution in [1.82, 2.24) is 20.8 Å². The maximum Gasteiger partial charge on any atom is 0.269 e. The Morgan fingerprint density at radius 3 is 2.71 bits per heavy atom. The highest BCUT2D eigenvalue weighted by atomic mass is 32.2. The lowest BCUT2D eigenvalue weighted by molar-refractivity contribution is -0.121. The van der Waals surface area contributed by atoms with Gasteiger partial charge in [-0.15, -0.1) is 11.3 Å². The van der Waals surface area contributed by atoms with E-state index in [0.717, 1.165) is 34.5 Å². The molecule has 1 atom stereocenters. The standard InChI is InChI=1S/C20H20N4O2S2/c1-11(17(25)23-24-18(26)13-7-4-3-5-8-13)27-19-16-14-9-6-10-15(14)28-20(16)22-12(2)21-19/h3-5,7-8,11H,6,9-10H2,1-2H3,(H,23,25)(H,24,26)/t11-/m1/s1. The smallest absolute Gasteiger partial charge is 0.269 e. The average molecular weight is 413 g/mol. The zero-order valence-corrected chi connectivity index (χ0v) is 17.2. The van der Waals surface area contributed by atoms with Gasteiger partial charge in [-0.2, -0.15) is 0 Å². The average Bonchev–Trinajstić information content (AvgIpc) is 3.27. The molecular weight excluding hydrogens is 392 g/mol. The van der Waals surface area contributed by atoms with Gasteiger partial charge in [-0.1, -0.05) is 30.0 Å². The number of fused-ring (bicyclic) bond motifs is 3. The van der Waals surface area contributed by atoms with Crippen LogP contribution in [-0.2, 0) is 17.6 Å². The third-order valence-corrected chi connectivity index (χ3v) is 6.91. The molecule has 0 radical (unpaired) electrons. The van der Waals surface area contributed by atoms with Crippen LogP contribution in [0.2, 0.25) is 0 Å². The minimum Gasteiger partial charge on any atom is -0.272 e. The third kappa shape index (κ3) is 3.74. The van der Waals surface area contributed by atoms with Gasteiger partial charge >= 0.3 is 0 Å². The predicted octanol–water partition coefficient (Wildman–Crippen LogP) is 3.43. The second-order valence-electron chi connectivity index (χ2n) is 6.68. The highest BCUT2D eigenvalue weighted by molar-refractivity contribution is 8.00. The number of nitrogens with one attached hydrogen (secondary N) is 2. The van der Waals surface area contributed by atoms with Crippen molar-refractivity contribution in [3.8, 4) is 0 Å². The first-order chi connectivity index (χ1) is 13.5. The van der Waals surface area contributed by atoms with Crippen molar-refractivity contribution in [3.63, 3.8) is 0 Å². The molecule has 4 rings (SSSR count). The van der Waals surface area contributed by atoms with Crippen molar-refractivity contribution in [2.75, 3.05) is 0 Å². The SMILES string of the molecule is Cc1nc(S[C@H](C)C(=O)NNC(=O)c2ccccc2)c2c3c(sc2n1)CCC3. The summed E-state index contributed by atoms with van der Waals surface area (Å²) in [5.74, 6) is 0.0903. The number of amides is 2. The van der Waals surface area contributed by atoms with Crippen LogP contribution in [0.5, 0.6) is 0 Å². The Morgan fingerprint density at radius 2 is 1.93 bits per heavy atom. The minimum atomic E-state index is -0.412. The van der Waals surface area contributed by atoms with E-state index in [2.05, 4.69) is 20.8 Å². The van der Waals surface area contributed by atoms with Gasteiger partial charge in [-0.25, -0.2) is 9.97 Å².